The van der Waals surface area contributed by atoms with Gasteiger partial charge in [-0.25, -0.2) is 9.97 Å². The molecule has 0 amide bonds. The van der Waals surface area contributed by atoms with Gasteiger partial charge < -0.3 is 4.57 Å². The molecule has 2 aromatic rings. The molecule has 0 aliphatic heterocycles. The number of carbonyl (C=O) groups is 1. The number of pyridine rings is 1. The van der Waals surface area contributed by atoms with Gasteiger partial charge in [0, 0.05) is 12.2 Å². The van der Waals surface area contributed by atoms with E-state index in [1.54, 1.807) is 13.1 Å². The van der Waals surface area contributed by atoms with E-state index in [1.807, 2.05) is 16.7 Å². The van der Waals surface area contributed by atoms with E-state index < -0.39 is 0 Å². The zero-order valence-corrected chi connectivity index (χ0v) is 9.77. The largest absolute Gasteiger partial charge is 0.310 e. The summed E-state index contributed by atoms with van der Waals surface area (Å²) in [6.07, 6.45) is 2.12. The van der Waals surface area contributed by atoms with Crippen molar-refractivity contribution in [2.24, 2.45) is 0 Å². The van der Waals surface area contributed by atoms with Crippen molar-refractivity contribution in [2.75, 3.05) is 0 Å². The second-order valence-corrected chi connectivity index (χ2v) is 4.22. The van der Waals surface area contributed by atoms with Crippen LogP contribution in [0.3, 0.4) is 0 Å². The first-order valence-electron chi connectivity index (χ1n) is 5.41. The molecule has 2 rings (SSSR count). The van der Waals surface area contributed by atoms with Crippen LogP contribution in [0.2, 0.25) is 0 Å². The van der Waals surface area contributed by atoms with E-state index in [9.17, 15) is 4.79 Å². The van der Waals surface area contributed by atoms with Gasteiger partial charge in [-0.1, -0.05) is 0 Å². The first-order chi connectivity index (χ1) is 7.59. The van der Waals surface area contributed by atoms with Gasteiger partial charge in [0.15, 0.2) is 5.65 Å². The van der Waals surface area contributed by atoms with Gasteiger partial charge in [0.05, 0.1) is 6.42 Å². The monoisotopic (exact) mass is 217 g/mol. The number of hydrogen-bond donors (Lipinski definition) is 0. The second-order valence-electron chi connectivity index (χ2n) is 4.22. The van der Waals surface area contributed by atoms with Crippen LogP contribution in [0.5, 0.6) is 0 Å². The van der Waals surface area contributed by atoms with E-state index in [-0.39, 0.29) is 11.8 Å². The lowest BCUT2D eigenvalue weighted by molar-refractivity contribution is -0.116. The Balaban J connectivity index is 2.63. The van der Waals surface area contributed by atoms with E-state index in [0.717, 1.165) is 17.0 Å². The summed E-state index contributed by atoms with van der Waals surface area (Å²) in [5.74, 6) is 0.924. The van der Waals surface area contributed by atoms with Crippen molar-refractivity contribution in [2.45, 2.75) is 33.2 Å². The summed E-state index contributed by atoms with van der Waals surface area (Å²) in [7, 11) is 0. The average molecular weight is 217 g/mol. The molecule has 4 heteroatoms. The third-order valence-electron chi connectivity index (χ3n) is 2.45. The second kappa shape index (κ2) is 4.04. The molecule has 0 unspecified atom stereocenters. The fourth-order valence-corrected chi connectivity index (χ4v) is 1.87. The smallest absolute Gasteiger partial charge is 0.160 e. The molecule has 0 fully saturated rings. The number of hydrogen-bond acceptors (Lipinski definition) is 3. The summed E-state index contributed by atoms with van der Waals surface area (Å²) >= 11 is 0. The van der Waals surface area contributed by atoms with Gasteiger partial charge in [0.25, 0.3) is 0 Å². The van der Waals surface area contributed by atoms with Crippen LogP contribution in [0.15, 0.2) is 18.3 Å². The molecule has 0 saturated carbocycles. The minimum atomic E-state index is 0.122. The molecule has 2 heterocycles. The third-order valence-corrected chi connectivity index (χ3v) is 2.45. The lowest BCUT2D eigenvalue weighted by Crippen LogP contribution is -2.10. The van der Waals surface area contributed by atoms with Gasteiger partial charge in [0.1, 0.15) is 17.1 Å². The molecule has 16 heavy (non-hydrogen) atoms. The quantitative estimate of drug-likeness (QED) is 0.791. The number of fused-ring (bicyclic) bond motifs is 1. The number of imidazole rings is 1. The molecule has 84 valence electrons. The molecule has 0 bridgehead atoms. The molecule has 0 N–H and O–H groups in total. The van der Waals surface area contributed by atoms with Gasteiger partial charge >= 0.3 is 0 Å². The highest BCUT2D eigenvalue weighted by atomic mass is 16.1. The van der Waals surface area contributed by atoms with Gasteiger partial charge in [0.2, 0.25) is 0 Å². The van der Waals surface area contributed by atoms with Crippen LogP contribution in [-0.2, 0) is 11.2 Å². The fourth-order valence-electron chi connectivity index (χ4n) is 1.87. The van der Waals surface area contributed by atoms with Crippen LogP contribution >= 0.6 is 0 Å². The Morgan fingerprint density at radius 1 is 1.50 bits per heavy atom. The normalized spacial score (nSPS) is 11.2. The van der Waals surface area contributed by atoms with Crippen molar-refractivity contribution < 1.29 is 4.79 Å². The molecule has 0 saturated heterocycles. The first-order valence-corrected chi connectivity index (χ1v) is 5.41. The summed E-state index contributed by atoms with van der Waals surface area (Å²) in [5.41, 5.74) is 1.71. The number of carbonyl (C=O) groups excluding carboxylic acids is 1. The average Bonchev–Trinajstić information content (AvgIpc) is 2.53. The van der Waals surface area contributed by atoms with E-state index in [2.05, 4.69) is 23.8 Å². The van der Waals surface area contributed by atoms with E-state index in [1.165, 1.54) is 0 Å². The summed E-state index contributed by atoms with van der Waals surface area (Å²) in [4.78, 5) is 20.0. The summed E-state index contributed by atoms with van der Waals surface area (Å²) < 4.78 is 2.02. The van der Waals surface area contributed by atoms with Crippen LogP contribution in [0.4, 0.5) is 0 Å². The van der Waals surface area contributed by atoms with Crippen molar-refractivity contribution in [3.8, 4) is 0 Å². The predicted molar refractivity (Wildman–Crippen MR) is 62.3 cm³/mol. The molecule has 0 spiro atoms. The summed E-state index contributed by atoms with van der Waals surface area (Å²) in [6.45, 7) is 5.72. The Kier molecular flexibility index (Phi) is 2.73. The van der Waals surface area contributed by atoms with Crippen molar-refractivity contribution in [1.29, 1.82) is 0 Å². The van der Waals surface area contributed by atoms with Gasteiger partial charge in [-0.15, -0.1) is 0 Å². The lowest BCUT2D eigenvalue weighted by atomic mass is 10.3. The van der Waals surface area contributed by atoms with Crippen LogP contribution < -0.4 is 0 Å². The van der Waals surface area contributed by atoms with Gasteiger partial charge in [-0.05, 0) is 32.9 Å². The number of aromatic nitrogens is 3. The van der Waals surface area contributed by atoms with Crippen molar-refractivity contribution in [1.82, 2.24) is 14.5 Å². The Bertz CT molecular complexity index is 528. The van der Waals surface area contributed by atoms with Crippen LogP contribution in [0.25, 0.3) is 11.2 Å². The maximum atomic E-state index is 11.2. The zero-order valence-electron chi connectivity index (χ0n) is 9.77. The fraction of sp³-hybridized carbons (Fsp3) is 0.417. The number of ketones is 1. The topological polar surface area (TPSA) is 47.8 Å². The number of Topliss-reactive ketones (excluding diaryl/α,β-unsaturated/α-hetero) is 1. The SMILES string of the molecule is CC(=O)Cc1nc2cccnc2n1C(C)C. The Hall–Kier alpha value is -1.71. The van der Waals surface area contributed by atoms with Gasteiger partial charge in [-0.3, -0.25) is 4.79 Å². The maximum Gasteiger partial charge on any atom is 0.160 e. The van der Waals surface area contributed by atoms with Crippen LogP contribution in [0, 0.1) is 0 Å². The molecular weight excluding hydrogens is 202 g/mol. The Morgan fingerprint density at radius 3 is 2.88 bits per heavy atom. The van der Waals surface area contributed by atoms with Crippen LogP contribution in [0.1, 0.15) is 32.6 Å². The van der Waals surface area contributed by atoms with Crippen molar-refractivity contribution in [3.05, 3.63) is 24.2 Å². The molecular formula is C12H15N3O. The van der Waals surface area contributed by atoms with Crippen LogP contribution in [-0.4, -0.2) is 20.3 Å². The van der Waals surface area contributed by atoms with E-state index in [4.69, 9.17) is 0 Å². The highest BCUT2D eigenvalue weighted by molar-refractivity contribution is 5.79. The van der Waals surface area contributed by atoms with E-state index in [0.29, 0.717) is 6.42 Å². The Labute approximate surface area is 94.3 Å². The first kappa shape index (κ1) is 10.8. The lowest BCUT2D eigenvalue weighted by Gasteiger charge is -2.11. The van der Waals surface area contributed by atoms with Crippen molar-refractivity contribution in [3.63, 3.8) is 0 Å². The zero-order chi connectivity index (χ0) is 11.7. The molecule has 0 radical (unpaired) electrons. The minimum Gasteiger partial charge on any atom is -0.310 e. The minimum absolute atomic E-state index is 0.122. The standard InChI is InChI=1S/C12H15N3O/c1-8(2)15-11(7-9(3)16)14-10-5-4-6-13-12(10)15/h4-6,8H,7H2,1-3H3. The predicted octanol–water partition coefficient (Wildman–Crippen LogP) is 2.14. The molecule has 0 aliphatic carbocycles. The number of nitrogens with zero attached hydrogens (tertiary/aromatic N) is 3. The van der Waals surface area contributed by atoms with E-state index >= 15 is 0 Å². The van der Waals surface area contributed by atoms with Gasteiger partial charge in [-0.2, -0.15) is 0 Å². The van der Waals surface area contributed by atoms with Crippen molar-refractivity contribution >= 4 is 16.9 Å². The highest BCUT2D eigenvalue weighted by Crippen LogP contribution is 2.19. The molecule has 0 aromatic carbocycles. The molecule has 0 aliphatic rings. The number of rotatable bonds is 3. The molecule has 0 atom stereocenters. The highest BCUT2D eigenvalue weighted by Gasteiger charge is 2.14. The third kappa shape index (κ3) is 1.83. The molecule has 4 nitrogen and oxygen atoms in total. The summed E-state index contributed by atoms with van der Waals surface area (Å²) in [5, 5.41) is 0. The Morgan fingerprint density at radius 2 is 2.25 bits per heavy atom. The maximum absolute atomic E-state index is 11.2. The molecule has 2 aromatic heterocycles. The summed E-state index contributed by atoms with van der Waals surface area (Å²) in [6, 6.07) is 4.04.